The number of ketones is 1. The van der Waals surface area contributed by atoms with Crippen molar-refractivity contribution in [1.29, 1.82) is 0 Å². The Kier molecular flexibility index (Phi) is 10.9. The first-order chi connectivity index (χ1) is 19.4. The van der Waals surface area contributed by atoms with Crippen LogP contribution in [0.1, 0.15) is 67.6 Å². The number of hydrogen-bond acceptors (Lipinski definition) is 11. The lowest BCUT2D eigenvalue weighted by Gasteiger charge is -2.18. The maximum absolute atomic E-state index is 13.5. The minimum Gasteiger partial charge on any atom is -0.411 e. The third kappa shape index (κ3) is 6.37. The van der Waals surface area contributed by atoms with Crippen LogP contribution in [0, 0.1) is 0 Å². The van der Waals surface area contributed by atoms with Crippen LogP contribution in [0.2, 0.25) is 0 Å². The van der Waals surface area contributed by atoms with E-state index in [9.17, 15) is 25.6 Å². The quantitative estimate of drug-likeness (QED) is 0.132. The van der Waals surface area contributed by atoms with Crippen molar-refractivity contribution in [2.75, 3.05) is 39.3 Å². The van der Waals surface area contributed by atoms with Crippen LogP contribution < -0.4 is 0 Å². The molecule has 2 aromatic rings. The molecule has 0 aliphatic heterocycles. The molecule has 0 atom stereocenters. The molecule has 0 fully saturated rings. The van der Waals surface area contributed by atoms with Crippen LogP contribution in [0.15, 0.2) is 57.0 Å². The second-order valence-electron chi connectivity index (χ2n) is 9.39. The van der Waals surface area contributed by atoms with Gasteiger partial charge >= 0.3 is 0 Å². The van der Waals surface area contributed by atoms with E-state index in [1.165, 1.54) is 0 Å². The van der Waals surface area contributed by atoms with Gasteiger partial charge in [0, 0.05) is 48.2 Å². The average molecular weight is 551 g/mol. The first-order valence-corrected chi connectivity index (χ1v) is 13.6. The van der Waals surface area contributed by atoms with Crippen LogP contribution in [0.3, 0.4) is 0 Å². The first kappa shape index (κ1) is 30.5. The molecule has 0 heterocycles. The van der Waals surface area contributed by atoms with Gasteiger partial charge < -0.3 is 30.6 Å². The summed E-state index contributed by atoms with van der Waals surface area (Å²) >= 11 is 0. The minimum atomic E-state index is -0.250. The molecule has 0 saturated carbocycles. The van der Waals surface area contributed by atoms with E-state index in [0.29, 0.717) is 59.3 Å². The Morgan fingerprint density at radius 2 is 0.975 bits per heavy atom. The van der Waals surface area contributed by atoms with Gasteiger partial charge in [-0.25, -0.2) is 0 Å². The monoisotopic (exact) mass is 550 g/mol. The second kappa shape index (κ2) is 14.3. The summed E-state index contributed by atoms with van der Waals surface area (Å²) in [5.74, 6) is -0.250. The van der Waals surface area contributed by atoms with Crippen molar-refractivity contribution in [2.45, 2.75) is 40.5 Å². The number of rotatable bonds is 14. The molecule has 1 aliphatic rings. The predicted molar refractivity (Wildman–Crippen MR) is 155 cm³/mol. The number of carbonyl (C=O) groups is 1. The highest BCUT2D eigenvalue weighted by atomic mass is 16.4. The highest BCUT2D eigenvalue weighted by Gasteiger charge is 2.29. The van der Waals surface area contributed by atoms with Crippen LogP contribution in [0.25, 0.3) is 11.1 Å². The van der Waals surface area contributed by atoms with Gasteiger partial charge in [-0.3, -0.25) is 4.79 Å². The maximum atomic E-state index is 13.5. The largest absolute Gasteiger partial charge is 0.411 e. The van der Waals surface area contributed by atoms with E-state index in [0.717, 1.165) is 26.2 Å². The number of nitrogens with zero attached hydrogens (tertiary/aromatic N) is 6. The summed E-state index contributed by atoms with van der Waals surface area (Å²) in [5, 5.41) is 52.4. The molecule has 2 aromatic carbocycles. The molecule has 40 heavy (non-hydrogen) atoms. The molecular weight excluding hydrogens is 512 g/mol. The van der Waals surface area contributed by atoms with E-state index in [1.807, 2.05) is 27.7 Å². The first-order valence-electron chi connectivity index (χ1n) is 13.6. The number of fused-ring (bicyclic) bond motifs is 3. The lowest BCUT2D eigenvalue weighted by Crippen LogP contribution is -2.28. The van der Waals surface area contributed by atoms with Gasteiger partial charge in [0.05, 0.1) is 0 Å². The van der Waals surface area contributed by atoms with Crippen LogP contribution in [-0.2, 0) is 0 Å². The Labute approximate surface area is 234 Å². The molecule has 1 aliphatic carbocycles. The fourth-order valence-electron chi connectivity index (χ4n) is 4.98. The molecule has 3 rings (SSSR count). The zero-order valence-corrected chi connectivity index (χ0v) is 23.5. The highest BCUT2D eigenvalue weighted by molar-refractivity contribution is 6.49. The predicted octanol–water partition coefficient (Wildman–Crippen LogP) is 4.38. The van der Waals surface area contributed by atoms with E-state index >= 15 is 0 Å². The number of benzene rings is 2. The van der Waals surface area contributed by atoms with Crippen LogP contribution >= 0.6 is 0 Å². The van der Waals surface area contributed by atoms with Gasteiger partial charge in [0.1, 0.15) is 22.8 Å². The summed E-state index contributed by atoms with van der Waals surface area (Å²) in [6.45, 7) is 12.7. The maximum Gasteiger partial charge on any atom is 0.194 e. The van der Waals surface area contributed by atoms with Gasteiger partial charge in [0.15, 0.2) is 5.78 Å². The van der Waals surface area contributed by atoms with Gasteiger partial charge in [-0.15, -0.1) is 0 Å². The van der Waals surface area contributed by atoms with Crippen molar-refractivity contribution in [1.82, 2.24) is 9.80 Å². The molecule has 11 nitrogen and oxygen atoms in total. The SMILES string of the molecule is CCN(CC)CCC(=N\O)/C(=N/O)c1ccc2c(c1)C(=O)c1cc(C(=N\O)/C(CCN(CC)CC)=N/O)ccc1-2. The highest BCUT2D eigenvalue weighted by Crippen LogP contribution is 2.38. The Morgan fingerprint density at radius 1 is 0.600 bits per heavy atom. The van der Waals surface area contributed by atoms with Crippen molar-refractivity contribution in [3.63, 3.8) is 0 Å². The zero-order valence-electron chi connectivity index (χ0n) is 23.5. The lowest BCUT2D eigenvalue weighted by atomic mass is 9.97. The van der Waals surface area contributed by atoms with E-state index in [2.05, 4.69) is 30.4 Å². The normalized spacial score (nSPS) is 14.3. The van der Waals surface area contributed by atoms with Crippen molar-refractivity contribution in [3.8, 4) is 11.1 Å². The van der Waals surface area contributed by atoms with E-state index in [4.69, 9.17) is 0 Å². The minimum absolute atomic E-state index is 0.0913. The topological polar surface area (TPSA) is 154 Å². The molecule has 11 heteroatoms. The third-order valence-corrected chi connectivity index (χ3v) is 7.47. The summed E-state index contributed by atoms with van der Waals surface area (Å²) < 4.78 is 0. The molecule has 0 aromatic heterocycles. The molecule has 0 unspecified atom stereocenters. The van der Waals surface area contributed by atoms with Gasteiger partial charge in [-0.05, 0) is 49.4 Å². The van der Waals surface area contributed by atoms with E-state index in [-0.39, 0.29) is 28.6 Å². The Balaban J connectivity index is 1.89. The molecule has 0 amide bonds. The Bertz CT molecular complexity index is 1230. The zero-order chi connectivity index (χ0) is 29.2. The van der Waals surface area contributed by atoms with Gasteiger partial charge in [-0.2, -0.15) is 0 Å². The molecule has 0 spiro atoms. The molecule has 0 bridgehead atoms. The Morgan fingerprint density at radius 3 is 1.27 bits per heavy atom. The van der Waals surface area contributed by atoms with Gasteiger partial charge in [0.25, 0.3) is 0 Å². The van der Waals surface area contributed by atoms with Gasteiger partial charge in [-0.1, -0.05) is 72.6 Å². The van der Waals surface area contributed by atoms with Crippen molar-refractivity contribution >= 4 is 28.6 Å². The average Bonchev–Trinajstić information content (AvgIpc) is 3.27. The van der Waals surface area contributed by atoms with Crippen molar-refractivity contribution in [3.05, 3.63) is 58.7 Å². The van der Waals surface area contributed by atoms with Gasteiger partial charge in [0.2, 0.25) is 0 Å². The summed E-state index contributed by atoms with van der Waals surface area (Å²) in [5.41, 5.74) is 3.72. The number of carbonyl (C=O) groups excluding carboxylic acids is 1. The van der Waals surface area contributed by atoms with E-state index in [1.54, 1.807) is 36.4 Å². The van der Waals surface area contributed by atoms with E-state index < -0.39 is 0 Å². The molecule has 0 radical (unpaired) electrons. The van der Waals surface area contributed by atoms with Crippen LogP contribution in [0.5, 0.6) is 0 Å². The van der Waals surface area contributed by atoms with Crippen LogP contribution in [0.4, 0.5) is 0 Å². The van der Waals surface area contributed by atoms with Crippen molar-refractivity contribution in [2.24, 2.45) is 20.6 Å². The van der Waals surface area contributed by atoms with Crippen molar-refractivity contribution < 1.29 is 25.6 Å². The summed E-state index contributed by atoms with van der Waals surface area (Å²) in [6, 6.07) is 10.2. The molecular formula is C29H38N6O5. The summed E-state index contributed by atoms with van der Waals surface area (Å²) in [4.78, 5) is 17.8. The smallest absolute Gasteiger partial charge is 0.194 e. The lowest BCUT2D eigenvalue weighted by molar-refractivity contribution is 0.104. The summed E-state index contributed by atoms with van der Waals surface area (Å²) in [6.07, 6.45) is 0.719. The second-order valence-corrected chi connectivity index (χ2v) is 9.39. The standard InChI is InChI=1S/C29H38N6O5/c1-5-34(6-2)15-13-25(30-37)27(32-39)19-9-11-21-22-12-10-20(18-24(22)29(36)23(21)17-19)28(33-40)26(31-38)14-16-35(7-3)8-4/h9-12,17-18,37-40H,5-8,13-16H2,1-4H3/b30-25+,31-26+,32-27+,33-28+. The number of oxime groups is 4. The fourth-order valence-corrected chi connectivity index (χ4v) is 4.98. The Hall–Kier alpha value is -4.09. The fraction of sp³-hybridized carbons (Fsp3) is 0.414. The summed E-state index contributed by atoms with van der Waals surface area (Å²) in [7, 11) is 0. The molecule has 0 saturated heterocycles. The molecule has 4 N–H and O–H groups in total. The van der Waals surface area contributed by atoms with Crippen LogP contribution in [-0.4, -0.2) is 98.5 Å². The molecule has 214 valence electrons. The number of hydrogen-bond donors (Lipinski definition) is 4. The third-order valence-electron chi connectivity index (χ3n) is 7.47.